The lowest BCUT2D eigenvalue weighted by Crippen LogP contribution is -2.35. The second-order valence-electron chi connectivity index (χ2n) is 7.93. The zero-order valence-corrected chi connectivity index (χ0v) is 17.8. The molecule has 8 nitrogen and oxygen atoms in total. The Kier molecular flexibility index (Phi) is 5.84. The Hall–Kier alpha value is -4.01. The van der Waals surface area contributed by atoms with Gasteiger partial charge in [0.05, 0.1) is 11.4 Å². The number of rotatable bonds is 6. The number of nitrogens with one attached hydrogen (secondary N) is 5. The Morgan fingerprint density at radius 2 is 1.27 bits per heavy atom. The zero-order chi connectivity index (χ0) is 22.6. The van der Waals surface area contributed by atoms with Gasteiger partial charge in [-0.2, -0.15) is 5.10 Å². The van der Waals surface area contributed by atoms with Crippen LogP contribution in [0.1, 0.15) is 0 Å². The van der Waals surface area contributed by atoms with Crippen LogP contribution in [0.25, 0.3) is 22.5 Å². The van der Waals surface area contributed by atoms with Gasteiger partial charge < -0.3 is 10.6 Å². The van der Waals surface area contributed by atoms with Crippen LogP contribution >= 0.6 is 0 Å². The Morgan fingerprint density at radius 1 is 0.758 bits per heavy atom. The van der Waals surface area contributed by atoms with Gasteiger partial charge in [0.25, 0.3) is 0 Å². The molecule has 0 radical (unpaired) electrons. The summed E-state index contributed by atoms with van der Waals surface area (Å²) in [4.78, 5) is 24.4. The maximum absolute atomic E-state index is 12.2. The second-order valence-corrected chi connectivity index (χ2v) is 7.93. The molecule has 0 saturated heterocycles. The average molecular weight is 441 g/mol. The minimum atomic E-state index is -0.283. The molecular weight excluding hydrogens is 416 g/mol. The summed E-state index contributed by atoms with van der Waals surface area (Å²) >= 11 is 0. The summed E-state index contributed by atoms with van der Waals surface area (Å²) in [5.41, 5.74) is 5.07. The van der Waals surface area contributed by atoms with Crippen molar-refractivity contribution < 1.29 is 9.59 Å². The van der Waals surface area contributed by atoms with Crippen molar-refractivity contribution >= 4 is 23.2 Å². The first-order chi connectivity index (χ1) is 16.2. The van der Waals surface area contributed by atoms with E-state index in [1.165, 1.54) is 0 Å². The molecule has 0 aliphatic carbocycles. The molecule has 0 bridgehead atoms. The molecule has 2 atom stereocenters. The molecule has 2 aliphatic rings. The monoisotopic (exact) mass is 440 g/mol. The molecule has 0 saturated carbocycles. The molecule has 5 rings (SSSR count). The molecule has 0 spiro atoms. The topological polar surface area (TPSA) is 111 Å². The third-order valence-electron chi connectivity index (χ3n) is 5.62. The third-order valence-corrected chi connectivity index (χ3v) is 5.62. The van der Waals surface area contributed by atoms with E-state index in [-0.39, 0.29) is 23.9 Å². The van der Waals surface area contributed by atoms with E-state index in [0.29, 0.717) is 13.1 Å². The molecule has 2 aromatic carbocycles. The lowest BCUT2D eigenvalue weighted by atomic mass is 10.1. The Morgan fingerprint density at radius 3 is 1.76 bits per heavy atom. The minimum absolute atomic E-state index is 0.0732. The lowest BCUT2D eigenvalue weighted by molar-refractivity contribution is -0.117. The van der Waals surface area contributed by atoms with Gasteiger partial charge in [0.2, 0.25) is 11.8 Å². The molecule has 3 aromatic rings. The Bertz CT molecular complexity index is 1120. The molecular formula is C25H24N6O2. The quantitative estimate of drug-likeness (QED) is 0.379. The van der Waals surface area contributed by atoms with Gasteiger partial charge in [-0.25, -0.2) is 0 Å². The maximum atomic E-state index is 12.2. The molecule has 2 unspecified atom stereocenters. The fourth-order valence-electron chi connectivity index (χ4n) is 3.81. The van der Waals surface area contributed by atoms with Crippen LogP contribution < -0.4 is 21.3 Å². The fraction of sp³-hybridized carbons (Fsp3) is 0.160. The summed E-state index contributed by atoms with van der Waals surface area (Å²) in [5, 5.41) is 19.5. The van der Waals surface area contributed by atoms with Crippen molar-refractivity contribution in [1.29, 1.82) is 0 Å². The van der Waals surface area contributed by atoms with Gasteiger partial charge in [-0.15, -0.1) is 0 Å². The normalized spacial score (nSPS) is 19.0. The number of hydrogen-bond donors (Lipinski definition) is 5. The highest BCUT2D eigenvalue weighted by Gasteiger charge is 2.18. The largest absolute Gasteiger partial charge is 0.324 e. The molecule has 1 aromatic heterocycles. The van der Waals surface area contributed by atoms with Crippen LogP contribution in [0.4, 0.5) is 11.4 Å². The van der Waals surface area contributed by atoms with Crippen molar-refractivity contribution in [3.8, 4) is 22.5 Å². The first-order valence-corrected chi connectivity index (χ1v) is 10.8. The summed E-state index contributed by atoms with van der Waals surface area (Å²) in [6.07, 6.45) is 7.61. The van der Waals surface area contributed by atoms with Crippen LogP contribution in [0.3, 0.4) is 0 Å². The summed E-state index contributed by atoms with van der Waals surface area (Å²) in [7, 11) is 0. The predicted octanol–water partition coefficient (Wildman–Crippen LogP) is 2.68. The van der Waals surface area contributed by atoms with E-state index in [1.807, 2.05) is 78.9 Å². The number of H-pyrrole nitrogens is 1. The van der Waals surface area contributed by atoms with E-state index in [9.17, 15) is 9.59 Å². The number of anilines is 2. The first kappa shape index (κ1) is 20.9. The predicted molar refractivity (Wildman–Crippen MR) is 129 cm³/mol. The average Bonchev–Trinajstić information content (AvgIpc) is 3.63. The van der Waals surface area contributed by atoms with Crippen LogP contribution in [0, 0.1) is 0 Å². The van der Waals surface area contributed by atoms with Crippen LogP contribution in [0.15, 0.2) is 78.9 Å². The van der Waals surface area contributed by atoms with E-state index in [0.717, 1.165) is 33.9 Å². The second kappa shape index (κ2) is 9.23. The Balaban J connectivity index is 1.22. The SMILES string of the molecule is O=C(Nc1ccc(-c2cc(-c3ccc(NC(=O)C4C=CCN4)cc3)[nH]n2)cc1)C1C=CCN1. The number of hydrogen-bond acceptors (Lipinski definition) is 5. The van der Waals surface area contributed by atoms with Crippen molar-refractivity contribution in [3.63, 3.8) is 0 Å². The molecule has 166 valence electrons. The van der Waals surface area contributed by atoms with Gasteiger partial charge in [-0.1, -0.05) is 48.6 Å². The number of carbonyl (C=O) groups is 2. The van der Waals surface area contributed by atoms with Gasteiger partial charge in [0.15, 0.2) is 0 Å². The third kappa shape index (κ3) is 4.77. The zero-order valence-electron chi connectivity index (χ0n) is 17.8. The van der Waals surface area contributed by atoms with E-state index in [4.69, 9.17) is 0 Å². The van der Waals surface area contributed by atoms with Gasteiger partial charge in [-0.05, 0) is 35.9 Å². The summed E-state index contributed by atoms with van der Waals surface area (Å²) in [6.45, 7) is 1.43. The summed E-state index contributed by atoms with van der Waals surface area (Å²) in [6, 6.07) is 16.6. The number of benzene rings is 2. The van der Waals surface area contributed by atoms with Crippen molar-refractivity contribution in [2.45, 2.75) is 12.1 Å². The van der Waals surface area contributed by atoms with Crippen molar-refractivity contribution in [2.24, 2.45) is 0 Å². The van der Waals surface area contributed by atoms with Crippen molar-refractivity contribution in [2.75, 3.05) is 23.7 Å². The summed E-state index contributed by atoms with van der Waals surface area (Å²) < 4.78 is 0. The van der Waals surface area contributed by atoms with E-state index < -0.39 is 0 Å². The first-order valence-electron chi connectivity index (χ1n) is 10.8. The summed E-state index contributed by atoms with van der Waals surface area (Å²) in [5.74, 6) is -0.148. The maximum Gasteiger partial charge on any atom is 0.245 e. The highest BCUT2D eigenvalue weighted by molar-refractivity contribution is 5.97. The molecule has 0 fully saturated rings. The molecule has 3 heterocycles. The van der Waals surface area contributed by atoms with Gasteiger partial charge in [-0.3, -0.25) is 25.3 Å². The standard InChI is InChI=1S/C25H24N6O2/c32-24(20-3-1-13-26-20)28-18-9-5-16(6-10-18)22-15-23(31-30-22)17-7-11-19(12-8-17)29-25(33)21-4-2-14-27-21/h1-12,15,20-21,26-27H,13-14H2,(H,28,32)(H,29,33)(H,30,31). The number of aromatic amines is 1. The molecule has 2 aliphatic heterocycles. The fourth-order valence-corrected chi connectivity index (χ4v) is 3.81. The van der Waals surface area contributed by atoms with Gasteiger partial charge >= 0.3 is 0 Å². The number of carbonyl (C=O) groups excluding carboxylic acids is 2. The van der Waals surface area contributed by atoms with E-state index in [1.54, 1.807) is 0 Å². The molecule has 33 heavy (non-hydrogen) atoms. The smallest absolute Gasteiger partial charge is 0.245 e. The van der Waals surface area contributed by atoms with Gasteiger partial charge in [0.1, 0.15) is 12.1 Å². The highest BCUT2D eigenvalue weighted by atomic mass is 16.2. The number of nitrogens with zero attached hydrogens (tertiary/aromatic N) is 1. The van der Waals surface area contributed by atoms with Gasteiger partial charge in [0, 0.05) is 30.0 Å². The number of amides is 2. The van der Waals surface area contributed by atoms with Crippen molar-refractivity contribution in [3.05, 3.63) is 78.9 Å². The van der Waals surface area contributed by atoms with Crippen LogP contribution in [-0.4, -0.2) is 47.2 Å². The van der Waals surface area contributed by atoms with Crippen LogP contribution in [0.5, 0.6) is 0 Å². The minimum Gasteiger partial charge on any atom is -0.324 e. The van der Waals surface area contributed by atoms with Crippen molar-refractivity contribution in [1.82, 2.24) is 20.8 Å². The molecule has 8 heteroatoms. The lowest BCUT2D eigenvalue weighted by Gasteiger charge is -2.10. The van der Waals surface area contributed by atoms with Crippen LogP contribution in [0.2, 0.25) is 0 Å². The Labute approximate surface area is 191 Å². The van der Waals surface area contributed by atoms with E-state index >= 15 is 0 Å². The highest BCUT2D eigenvalue weighted by Crippen LogP contribution is 2.26. The van der Waals surface area contributed by atoms with Crippen LogP contribution in [-0.2, 0) is 9.59 Å². The van der Waals surface area contributed by atoms with E-state index in [2.05, 4.69) is 31.5 Å². The molecule has 5 N–H and O–H groups in total. The number of aromatic nitrogens is 2. The molecule has 2 amide bonds.